The van der Waals surface area contributed by atoms with Crippen LogP contribution in [-0.2, 0) is 0 Å². The molecule has 3 aromatic rings. The van der Waals surface area contributed by atoms with Gasteiger partial charge in [0.1, 0.15) is 23.2 Å². The van der Waals surface area contributed by atoms with Gasteiger partial charge in [-0.25, -0.2) is 14.4 Å². The Kier molecular flexibility index (Phi) is 3.70. The fourth-order valence-electron chi connectivity index (χ4n) is 2.40. The van der Waals surface area contributed by atoms with Crippen LogP contribution in [0.25, 0.3) is 21.9 Å². The number of anilines is 1. The Labute approximate surface area is 122 Å². The number of fused-ring (bicyclic) bond motifs is 3. The van der Waals surface area contributed by atoms with Gasteiger partial charge in [-0.2, -0.15) is 0 Å². The van der Waals surface area contributed by atoms with Crippen LogP contribution in [0.3, 0.4) is 0 Å². The predicted octanol–water partition coefficient (Wildman–Crippen LogP) is 2.61. The molecule has 0 fully saturated rings. The van der Waals surface area contributed by atoms with Crippen molar-refractivity contribution in [3.05, 3.63) is 30.3 Å². The van der Waals surface area contributed by atoms with Gasteiger partial charge in [-0.15, -0.1) is 0 Å². The van der Waals surface area contributed by atoms with Gasteiger partial charge in [0.15, 0.2) is 5.82 Å². The number of rotatable bonds is 5. The van der Waals surface area contributed by atoms with Gasteiger partial charge in [-0.05, 0) is 45.3 Å². The maximum absolute atomic E-state index is 13.4. The van der Waals surface area contributed by atoms with E-state index in [2.05, 4.69) is 39.3 Å². The Morgan fingerprint density at radius 1 is 1.29 bits per heavy atom. The Morgan fingerprint density at radius 2 is 2.14 bits per heavy atom. The number of H-pyrrole nitrogens is 1. The summed E-state index contributed by atoms with van der Waals surface area (Å²) in [4.78, 5) is 14.0. The first-order valence-electron chi connectivity index (χ1n) is 6.95. The second kappa shape index (κ2) is 5.65. The van der Waals surface area contributed by atoms with Crippen LogP contribution in [-0.4, -0.2) is 47.0 Å². The molecule has 0 saturated heterocycles. The van der Waals surface area contributed by atoms with Crippen LogP contribution < -0.4 is 5.32 Å². The second-order valence-corrected chi connectivity index (χ2v) is 5.34. The third-order valence-electron chi connectivity index (χ3n) is 3.42. The highest BCUT2D eigenvalue weighted by Crippen LogP contribution is 2.27. The number of hydrogen-bond donors (Lipinski definition) is 2. The third kappa shape index (κ3) is 2.80. The third-order valence-corrected chi connectivity index (χ3v) is 3.42. The monoisotopic (exact) mass is 287 g/mol. The fourth-order valence-corrected chi connectivity index (χ4v) is 2.40. The van der Waals surface area contributed by atoms with Crippen molar-refractivity contribution >= 4 is 27.8 Å². The van der Waals surface area contributed by atoms with Gasteiger partial charge in [0, 0.05) is 17.4 Å². The highest BCUT2D eigenvalue weighted by Gasteiger charge is 2.10. The summed E-state index contributed by atoms with van der Waals surface area (Å²) < 4.78 is 13.4. The number of hydrogen-bond acceptors (Lipinski definition) is 4. The van der Waals surface area contributed by atoms with Crippen LogP contribution in [0, 0.1) is 5.82 Å². The molecular formula is C15H18FN5. The van der Waals surface area contributed by atoms with Crippen LogP contribution in [0.1, 0.15) is 6.42 Å². The summed E-state index contributed by atoms with van der Waals surface area (Å²) in [7, 11) is 4.10. The zero-order valence-corrected chi connectivity index (χ0v) is 12.2. The molecule has 3 rings (SSSR count). The molecule has 0 radical (unpaired) electrons. The summed E-state index contributed by atoms with van der Waals surface area (Å²) in [6.07, 6.45) is 2.53. The van der Waals surface area contributed by atoms with E-state index in [1.54, 1.807) is 6.07 Å². The summed E-state index contributed by atoms with van der Waals surface area (Å²) in [5, 5.41) is 4.10. The molecule has 2 aromatic heterocycles. The SMILES string of the molecule is CN(C)CCCNc1ncnc2c1[nH]c1ccc(F)cc12. The second-order valence-electron chi connectivity index (χ2n) is 5.34. The standard InChI is InChI=1S/C15H18FN5/c1-21(2)7-3-6-17-15-14-13(18-9-19-15)11-8-10(16)4-5-12(11)20-14/h4-5,8-9,20H,3,6-7H2,1-2H3,(H,17,18,19). The molecule has 1 aromatic carbocycles. The van der Waals surface area contributed by atoms with E-state index in [1.165, 1.54) is 18.5 Å². The molecule has 0 aliphatic rings. The minimum atomic E-state index is -0.262. The predicted molar refractivity (Wildman–Crippen MR) is 83.0 cm³/mol. The van der Waals surface area contributed by atoms with Crippen molar-refractivity contribution in [2.75, 3.05) is 32.5 Å². The lowest BCUT2D eigenvalue weighted by atomic mass is 10.2. The largest absolute Gasteiger partial charge is 0.368 e. The average molecular weight is 287 g/mol. The van der Waals surface area contributed by atoms with Gasteiger partial charge in [0.2, 0.25) is 0 Å². The van der Waals surface area contributed by atoms with E-state index in [9.17, 15) is 4.39 Å². The van der Waals surface area contributed by atoms with Gasteiger partial charge in [0.25, 0.3) is 0 Å². The van der Waals surface area contributed by atoms with Crippen molar-refractivity contribution in [2.24, 2.45) is 0 Å². The molecule has 0 atom stereocenters. The van der Waals surface area contributed by atoms with E-state index in [0.717, 1.165) is 47.3 Å². The molecule has 0 bridgehead atoms. The van der Waals surface area contributed by atoms with Crippen molar-refractivity contribution in [2.45, 2.75) is 6.42 Å². The molecule has 21 heavy (non-hydrogen) atoms. The lowest BCUT2D eigenvalue weighted by Crippen LogP contribution is -2.16. The van der Waals surface area contributed by atoms with E-state index >= 15 is 0 Å². The highest BCUT2D eigenvalue weighted by molar-refractivity contribution is 6.07. The highest BCUT2D eigenvalue weighted by atomic mass is 19.1. The Bertz CT molecular complexity index is 765. The van der Waals surface area contributed by atoms with E-state index in [4.69, 9.17) is 0 Å². The number of halogens is 1. The van der Waals surface area contributed by atoms with E-state index in [-0.39, 0.29) is 5.82 Å². The molecule has 0 saturated carbocycles. The molecule has 6 heteroatoms. The zero-order chi connectivity index (χ0) is 14.8. The van der Waals surface area contributed by atoms with Crippen molar-refractivity contribution in [3.8, 4) is 0 Å². The molecule has 5 nitrogen and oxygen atoms in total. The molecule has 2 heterocycles. The minimum absolute atomic E-state index is 0.262. The van der Waals surface area contributed by atoms with Crippen molar-refractivity contribution in [1.29, 1.82) is 0 Å². The van der Waals surface area contributed by atoms with Crippen LogP contribution in [0.15, 0.2) is 24.5 Å². The molecule has 2 N–H and O–H groups in total. The topological polar surface area (TPSA) is 56.8 Å². The first-order chi connectivity index (χ1) is 10.1. The first kappa shape index (κ1) is 13.8. The molecule has 0 aliphatic heterocycles. The zero-order valence-electron chi connectivity index (χ0n) is 12.2. The lowest BCUT2D eigenvalue weighted by molar-refractivity contribution is 0.405. The molecule has 110 valence electrons. The van der Waals surface area contributed by atoms with E-state index in [1.807, 2.05) is 0 Å². The van der Waals surface area contributed by atoms with Crippen molar-refractivity contribution in [1.82, 2.24) is 19.9 Å². The van der Waals surface area contributed by atoms with Crippen molar-refractivity contribution in [3.63, 3.8) is 0 Å². The van der Waals surface area contributed by atoms with Gasteiger partial charge in [-0.1, -0.05) is 0 Å². The maximum Gasteiger partial charge on any atom is 0.153 e. The molecular weight excluding hydrogens is 269 g/mol. The van der Waals surface area contributed by atoms with Crippen LogP contribution in [0.5, 0.6) is 0 Å². The van der Waals surface area contributed by atoms with Crippen LogP contribution in [0.2, 0.25) is 0 Å². The first-order valence-corrected chi connectivity index (χ1v) is 6.95. The maximum atomic E-state index is 13.4. The summed E-state index contributed by atoms with van der Waals surface area (Å²) in [6.45, 7) is 1.84. The molecule has 0 aliphatic carbocycles. The normalized spacial score (nSPS) is 11.6. The quantitative estimate of drug-likeness (QED) is 0.708. The summed E-state index contributed by atoms with van der Waals surface area (Å²) in [5.41, 5.74) is 2.43. The minimum Gasteiger partial charge on any atom is -0.368 e. The number of aromatic amines is 1. The Hall–Kier alpha value is -2.21. The summed E-state index contributed by atoms with van der Waals surface area (Å²) in [6, 6.07) is 4.66. The molecule has 0 amide bonds. The number of nitrogens with zero attached hydrogens (tertiary/aromatic N) is 3. The van der Waals surface area contributed by atoms with E-state index < -0.39 is 0 Å². The van der Waals surface area contributed by atoms with E-state index in [0.29, 0.717) is 0 Å². The Morgan fingerprint density at radius 3 is 2.95 bits per heavy atom. The fraction of sp³-hybridized carbons (Fsp3) is 0.333. The van der Waals surface area contributed by atoms with Crippen LogP contribution in [0.4, 0.5) is 10.2 Å². The molecule has 0 unspecified atom stereocenters. The lowest BCUT2D eigenvalue weighted by Gasteiger charge is -2.10. The summed E-state index contributed by atoms with van der Waals surface area (Å²) >= 11 is 0. The van der Waals surface area contributed by atoms with Crippen molar-refractivity contribution < 1.29 is 4.39 Å². The summed E-state index contributed by atoms with van der Waals surface area (Å²) in [5.74, 6) is 0.498. The van der Waals surface area contributed by atoms with Gasteiger partial charge in [0.05, 0.1) is 0 Å². The van der Waals surface area contributed by atoms with Gasteiger partial charge in [-0.3, -0.25) is 0 Å². The number of aromatic nitrogens is 3. The smallest absolute Gasteiger partial charge is 0.153 e. The van der Waals surface area contributed by atoms with Crippen LogP contribution >= 0.6 is 0 Å². The number of benzene rings is 1. The average Bonchev–Trinajstić information content (AvgIpc) is 2.82. The number of nitrogens with one attached hydrogen (secondary N) is 2. The van der Waals surface area contributed by atoms with Gasteiger partial charge >= 0.3 is 0 Å². The molecule has 0 spiro atoms. The Balaban J connectivity index is 1.91. The van der Waals surface area contributed by atoms with Gasteiger partial charge < -0.3 is 15.2 Å².